The van der Waals surface area contributed by atoms with Crippen molar-refractivity contribution in [3.8, 4) is 11.5 Å². The van der Waals surface area contributed by atoms with E-state index in [0.29, 0.717) is 29.2 Å². The van der Waals surface area contributed by atoms with Gasteiger partial charge in [-0.05, 0) is 36.2 Å². The number of ketones is 1. The smallest absolute Gasteiger partial charge is 0.235 e. The largest absolute Gasteiger partial charge is 0.493 e. The van der Waals surface area contributed by atoms with Crippen LogP contribution in [0.3, 0.4) is 0 Å². The molecule has 0 aliphatic heterocycles. The first-order valence-electron chi connectivity index (χ1n) is 7.29. The molecule has 1 atom stereocenters. The lowest BCUT2D eigenvalue weighted by atomic mass is 10.0. The minimum Gasteiger partial charge on any atom is -0.493 e. The summed E-state index contributed by atoms with van der Waals surface area (Å²) in [4.78, 5) is 24.9. The summed E-state index contributed by atoms with van der Waals surface area (Å²) in [6.07, 6.45) is 0.368. The van der Waals surface area contributed by atoms with E-state index < -0.39 is 5.92 Å². The lowest BCUT2D eigenvalue weighted by Gasteiger charge is -2.09. The molecule has 0 heterocycles. The maximum atomic E-state index is 12.5. The number of para-hydroxylation sites is 1. The van der Waals surface area contributed by atoms with Crippen molar-refractivity contribution in [1.82, 2.24) is 0 Å². The van der Waals surface area contributed by atoms with Crippen LogP contribution in [0.5, 0.6) is 11.5 Å². The first-order chi connectivity index (χ1) is 11.1. The van der Waals surface area contributed by atoms with Crippen LogP contribution in [0.15, 0.2) is 42.5 Å². The van der Waals surface area contributed by atoms with Crippen molar-refractivity contribution >= 4 is 17.4 Å². The number of rotatable bonds is 4. The molecule has 0 bridgehead atoms. The van der Waals surface area contributed by atoms with Gasteiger partial charge in [0, 0.05) is 11.3 Å². The number of amides is 1. The fourth-order valence-electron chi connectivity index (χ4n) is 2.78. The summed E-state index contributed by atoms with van der Waals surface area (Å²) in [5.74, 6) is -0.154. The van der Waals surface area contributed by atoms with Gasteiger partial charge in [-0.3, -0.25) is 9.59 Å². The molecule has 23 heavy (non-hydrogen) atoms. The number of hydrogen-bond acceptors (Lipinski definition) is 4. The number of nitrogens with one attached hydrogen (secondary N) is 1. The molecule has 1 aliphatic rings. The number of anilines is 1. The monoisotopic (exact) mass is 311 g/mol. The van der Waals surface area contributed by atoms with Crippen LogP contribution in [-0.4, -0.2) is 25.9 Å². The maximum Gasteiger partial charge on any atom is 0.235 e. The third-order valence-electron chi connectivity index (χ3n) is 3.97. The number of carbonyl (C=O) groups excluding carboxylic acids is 2. The Balaban J connectivity index is 1.84. The zero-order chi connectivity index (χ0) is 16.4. The molecule has 0 radical (unpaired) electrons. The summed E-state index contributed by atoms with van der Waals surface area (Å²) in [6, 6.07) is 12.5. The third kappa shape index (κ3) is 2.77. The Morgan fingerprint density at radius 2 is 1.74 bits per heavy atom. The highest BCUT2D eigenvalue weighted by Gasteiger charge is 2.37. The maximum absolute atomic E-state index is 12.5. The van der Waals surface area contributed by atoms with Crippen LogP contribution in [0.1, 0.15) is 15.9 Å². The summed E-state index contributed by atoms with van der Waals surface area (Å²) in [6.45, 7) is 0. The van der Waals surface area contributed by atoms with Gasteiger partial charge in [0.05, 0.1) is 14.2 Å². The standard InChI is InChI=1S/C18H17NO4/c1-22-15-9-11-8-14(17(20)13(11)10-16(15)23-2)18(21)19-12-6-4-3-5-7-12/h3-7,9-10,14H,8H2,1-2H3,(H,19,21). The summed E-state index contributed by atoms with van der Waals surface area (Å²) >= 11 is 0. The van der Waals surface area contributed by atoms with Crippen molar-refractivity contribution in [2.45, 2.75) is 6.42 Å². The molecule has 0 aromatic heterocycles. The Morgan fingerprint density at radius 3 is 2.39 bits per heavy atom. The van der Waals surface area contributed by atoms with Gasteiger partial charge in [-0.1, -0.05) is 18.2 Å². The fraction of sp³-hybridized carbons (Fsp3) is 0.222. The summed E-state index contributed by atoms with van der Waals surface area (Å²) in [5, 5.41) is 2.78. The van der Waals surface area contributed by atoms with Gasteiger partial charge in [0.15, 0.2) is 17.3 Å². The second kappa shape index (κ2) is 6.12. The molecule has 0 spiro atoms. The second-order valence-electron chi connectivity index (χ2n) is 5.34. The average Bonchev–Trinajstić information content (AvgIpc) is 2.90. The Bertz CT molecular complexity index is 755. The van der Waals surface area contributed by atoms with Gasteiger partial charge in [0.25, 0.3) is 0 Å². The number of ether oxygens (including phenoxy) is 2. The summed E-state index contributed by atoms with van der Waals surface area (Å²) < 4.78 is 10.5. The first-order valence-corrected chi connectivity index (χ1v) is 7.29. The molecule has 1 amide bonds. The Hall–Kier alpha value is -2.82. The number of fused-ring (bicyclic) bond motifs is 1. The molecule has 2 aromatic rings. The number of carbonyl (C=O) groups is 2. The van der Waals surface area contributed by atoms with Gasteiger partial charge in [-0.25, -0.2) is 0 Å². The molecule has 1 aliphatic carbocycles. The van der Waals surface area contributed by atoms with E-state index in [1.165, 1.54) is 7.11 Å². The van der Waals surface area contributed by atoms with E-state index in [1.807, 2.05) is 18.2 Å². The highest BCUT2D eigenvalue weighted by Crippen LogP contribution is 2.37. The van der Waals surface area contributed by atoms with Gasteiger partial charge in [-0.15, -0.1) is 0 Å². The molecule has 1 unspecified atom stereocenters. The van der Waals surface area contributed by atoms with E-state index >= 15 is 0 Å². The molecule has 0 fully saturated rings. The van der Waals surface area contributed by atoms with Gasteiger partial charge >= 0.3 is 0 Å². The number of Topliss-reactive ketones (excluding diaryl/α,β-unsaturated/α-hetero) is 1. The molecule has 5 heteroatoms. The second-order valence-corrected chi connectivity index (χ2v) is 5.34. The molecule has 3 rings (SSSR count). The Morgan fingerprint density at radius 1 is 1.09 bits per heavy atom. The predicted molar refractivity (Wildman–Crippen MR) is 86.1 cm³/mol. The lowest BCUT2D eigenvalue weighted by Crippen LogP contribution is -2.27. The average molecular weight is 311 g/mol. The van der Waals surface area contributed by atoms with Crippen molar-refractivity contribution in [3.05, 3.63) is 53.6 Å². The minimum absolute atomic E-state index is 0.186. The van der Waals surface area contributed by atoms with Gasteiger partial charge in [-0.2, -0.15) is 0 Å². The van der Waals surface area contributed by atoms with Gasteiger partial charge in [0.1, 0.15) is 5.92 Å². The highest BCUT2D eigenvalue weighted by molar-refractivity contribution is 6.16. The normalized spacial score (nSPS) is 15.9. The van der Waals surface area contributed by atoms with Crippen molar-refractivity contribution in [2.75, 3.05) is 19.5 Å². The van der Waals surface area contributed by atoms with Crippen molar-refractivity contribution < 1.29 is 19.1 Å². The zero-order valence-electron chi connectivity index (χ0n) is 13.0. The minimum atomic E-state index is -0.720. The van der Waals surface area contributed by atoms with Crippen molar-refractivity contribution in [1.29, 1.82) is 0 Å². The molecule has 0 saturated carbocycles. The first kappa shape index (κ1) is 15.1. The van der Waals surface area contributed by atoms with E-state index in [4.69, 9.17) is 9.47 Å². The highest BCUT2D eigenvalue weighted by atomic mass is 16.5. The molecular weight excluding hydrogens is 294 g/mol. The molecular formula is C18H17NO4. The summed E-state index contributed by atoms with van der Waals surface area (Å²) in [5.41, 5.74) is 2.01. The molecule has 118 valence electrons. The van der Waals surface area contributed by atoms with Crippen LogP contribution in [0.2, 0.25) is 0 Å². The van der Waals surface area contributed by atoms with E-state index in [-0.39, 0.29) is 11.7 Å². The topological polar surface area (TPSA) is 64.6 Å². The van der Waals surface area contributed by atoms with Crippen LogP contribution >= 0.6 is 0 Å². The summed E-state index contributed by atoms with van der Waals surface area (Å²) in [7, 11) is 3.06. The van der Waals surface area contributed by atoms with E-state index in [9.17, 15) is 9.59 Å². The Kier molecular flexibility index (Phi) is 4.02. The van der Waals surface area contributed by atoms with Crippen LogP contribution in [0.25, 0.3) is 0 Å². The lowest BCUT2D eigenvalue weighted by molar-refractivity contribution is -0.118. The van der Waals surface area contributed by atoms with Crippen LogP contribution in [0.4, 0.5) is 5.69 Å². The zero-order valence-corrected chi connectivity index (χ0v) is 13.0. The number of hydrogen-bond donors (Lipinski definition) is 1. The van der Waals surface area contributed by atoms with Crippen molar-refractivity contribution in [3.63, 3.8) is 0 Å². The fourth-order valence-corrected chi connectivity index (χ4v) is 2.78. The molecule has 1 N–H and O–H groups in total. The van der Waals surface area contributed by atoms with Gasteiger partial charge < -0.3 is 14.8 Å². The molecule has 2 aromatic carbocycles. The number of methoxy groups -OCH3 is 2. The van der Waals surface area contributed by atoms with Crippen molar-refractivity contribution in [2.24, 2.45) is 5.92 Å². The SMILES string of the molecule is COc1cc2c(cc1OC)C(=O)C(C(=O)Nc1ccccc1)C2. The quantitative estimate of drug-likeness (QED) is 0.882. The van der Waals surface area contributed by atoms with E-state index in [1.54, 1.807) is 31.4 Å². The molecule has 5 nitrogen and oxygen atoms in total. The van der Waals surface area contributed by atoms with Crippen LogP contribution in [-0.2, 0) is 11.2 Å². The third-order valence-corrected chi connectivity index (χ3v) is 3.97. The van der Waals surface area contributed by atoms with Gasteiger partial charge in [0.2, 0.25) is 5.91 Å². The predicted octanol–water partition coefficient (Wildman–Crippen LogP) is 2.70. The Labute approximate surface area is 134 Å². The van der Waals surface area contributed by atoms with E-state index in [0.717, 1.165) is 5.56 Å². The molecule has 0 saturated heterocycles. The van der Waals surface area contributed by atoms with E-state index in [2.05, 4.69) is 5.32 Å². The van der Waals surface area contributed by atoms with Crippen LogP contribution < -0.4 is 14.8 Å². The van der Waals surface area contributed by atoms with Crippen LogP contribution in [0, 0.1) is 5.92 Å². The number of benzene rings is 2.